The standard InChI is InChI=1S/C9H12N2O3/c1-6(9(13)14-2)11-5-3-4-7(10)8(11)12/h3-6H,10H2,1-2H3. The maximum Gasteiger partial charge on any atom is 0.328 e. The van der Waals surface area contributed by atoms with Gasteiger partial charge in [-0.1, -0.05) is 0 Å². The third kappa shape index (κ3) is 1.76. The van der Waals surface area contributed by atoms with Crippen molar-refractivity contribution >= 4 is 11.7 Å². The summed E-state index contributed by atoms with van der Waals surface area (Å²) >= 11 is 0. The van der Waals surface area contributed by atoms with Crippen LogP contribution in [0.3, 0.4) is 0 Å². The van der Waals surface area contributed by atoms with E-state index in [1.807, 2.05) is 0 Å². The zero-order chi connectivity index (χ0) is 10.7. The maximum absolute atomic E-state index is 11.5. The number of anilines is 1. The molecule has 0 saturated carbocycles. The fraction of sp³-hybridized carbons (Fsp3) is 0.333. The first-order valence-corrected chi connectivity index (χ1v) is 4.12. The number of nitrogen functional groups attached to an aromatic ring is 1. The highest BCUT2D eigenvalue weighted by molar-refractivity contribution is 5.73. The Morgan fingerprint density at radius 1 is 1.64 bits per heavy atom. The molecule has 0 aromatic carbocycles. The van der Waals surface area contributed by atoms with E-state index in [0.717, 1.165) is 0 Å². The molecule has 0 spiro atoms. The van der Waals surface area contributed by atoms with E-state index in [1.165, 1.54) is 23.9 Å². The molecule has 0 aliphatic heterocycles. The highest BCUT2D eigenvalue weighted by atomic mass is 16.5. The molecule has 76 valence electrons. The second kappa shape index (κ2) is 3.95. The molecule has 0 saturated heterocycles. The number of nitrogens with two attached hydrogens (primary N) is 1. The Morgan fingerprint density at radius 3 is 2.86 bits per heavy atom. The maximum atomic E-state index is 11.5. The Morgan fingerprint density at radius 2 is 2.29 bits per heavy atom. The summed E-state index contributed by atoms with van der Waals surface area (Å²) in [5, 5.41) is 0. The summed E-state index contributed by atoms with van der Waals surface area (Å²) in [6, 6.07) is 2.44. The molecule has 14 heavy (non-hydrogen) atoms. The van der Waals surface area contributed by atoms with Gasteiger partial charge in [0.1, 0.15) is 6.04 Å². The van der Waals surface area contributed by atoms with Crippen LogP contribution in [0.15, 0.2) is 23.1 Å². The molecule has 1 rings (SSSR count). The van der Waals surface area contributed by atoms with Crippen molar-refractivity contribution in [1.82, 2.24) is 4.57 Å². The molecule has 5 nitrogen and oxygen atoms in total. The van der Waals surface area contributed by atoms with Gasteiger partial charge in [-0.2, -0.15) is 0 Å². The van der Waals surface area contributed by atoms with Crippen LogP contribution in [0.5, 0.6) is 0 Å². The number of rotatable bonds is 2. The summed E-state index contributed by atoms with van der Waals surface area (Å²) in [4.78, 5) is 22.6. The largest absolute Gasteiger partial charge is 0.467 e. The van der Waals surface area contributed by atoms with E-state index in [4.69, 9.17) is 5.73 Å². The zero-order valence-corrected chi connectivity index (χ0v) is 8.06. The van der Waals surface area contributed by atoms with Gasteiger partial charge in [0.15, 0.2) is 0 Å². The van der Waals surface area contributed by atoms with Crippen LogP contribution in [0.1, 0.15) is 13.0 Å². The van der Waals surface area contributed by atoms with Crippen LogP contribution in [0, 0.1) is 0 Å². The number of carbonyl (C=O) groups excluding carboxylic acids is 1. The second-order valence-electron chi connectivity index (χ2n) is 2.88. The summed E-state index contributed by atoms with van der Waals surface area (Å²) in [7, 11) is 1.27. The number of pyridine rings is 1. The highest BCUT2D eigenvalue weighted by Gasteiger charge is 2.16. The summed E-state index contributed by atoms with van der Waals surface area (Å²) < 4.78 is 5.76. The molecule has 0 aliphatic carbocycles. The van der Waals surface area contributed by atoms with Crippen LogP contribution in [0.4, 0.5) is 5.69 Å². The van der Waals surface area contributed by atoms with E-state index >= 15 is 0 Å². The van der Waals surface area contributed by atoms with Gasteiger partial charge in [0.2, 0.25) is 0 Å². The SMILES string of the molecule is COC(=O)C(C)n1cccc(N)c1=O. The first-order chi connectivity index (χ1) is 6.57. The van der Waals surface area contributed by atoms with Gasteiger partial charge in [-0.05, 0) is 19.1 Å². The lowest BCUT2D eigenvalue weighted by molar-refractivity contribution is -0.144. The number of carbonyl (C=O) groups is 1. The quantitative estimate of drug-likeness (QED) is 0.684. The number of ether oxygens (including phenoxy) is 1. The Balaban J connectivity index is 3.14. The lowest BCUT2D eigenvalue weighted by Gasteiger charge is -2.12. The molecule has 0 bridgehead atoms. The second-order valence-corrected chi connectivity index (χ2v) is 2.88. The van der Waals surface area contributed by atoms with Crippen molar-refractivity contribution in [2.75, 3.05) is 12.8 Å². The van der Waals surface area contributed by atoms with E-state index < -0.39 is 12.0 Å². The number of hydrogen-bond acceptors (Lipinski definition) is 4. The van der Waals surface area contributed by atoms with Gasteiger partial charge < -0.3 is 10.5 Å². The molecule has 0 fully saturated rings. The van der Waals surface area contributed by atoms with Crippen molar-refractivity contribution in [2.24, 2.45) is 0 Å². The number of hydrogen-bond donors (Lipinski definition) is 1. The predicted octanol–water partition coefficient (Wildman–Crippen LogP) is 0.165. The molecule has 0 radical (unpaired) electrons. The molecular formula is C9H12N2O3. The van der Waals surface area contributed by atoms with E-state index in [-0.39, 0.29) is 11.2 Å². The number of nitrogens with zero attached hydrogens (tertiary/aromatic N) is 1. The van der Waals surface area contributed by atoms with Crippen molar-refractivity contribution in [3.63, 3.8) is 0 Å². The number of methoxy groups -OCH3 is 1. The minimum Gasteiger partial charge on any atom is -0.467 e. The van der Waals surface area contributed by atoms with Crippen LogP contribution < -0.4 is 11.3 Å². The van der Waals surface area contributed by atoms with Crippen molar-refractivity contribution in [2.45, 2.75) is 13.0 Å². The fourth-order valence-electron chi connectivity index (χ4n) is 1.12. The lowest BCUT2D eigenvalue weighted by Crippen LogP contribution is -2.29. The summed E-state index contributed by atoms with van der Waals surface area (Å²) in [5.41, 5.74) is 5.14. The van der Waals surface area contributed by atoms with Gasteiger partial charge in [-0.3, -0.25) is 9.36 Å². The molecule has 0 aliphatic rings. The van der Waals surface area contributed by atoms with Gasteiger partial charge >= 0.3 is 5.97 Å². The summed E-state index contributed by atoms with van der Waals surface area (Å²) in [6.07, 6.45) is 1.50. The van der Waals surface area contributed by atoms with Crippen LogP contribution in [-0.2, 0) is 9.53 Å². The summed E-state index contributed by atoms with van der Waals surface area (Å²) in [5.74, 6) is -0.474. The molecule has 5 heteroatoms. The third-order valence-electron chi connectivity index (χ3n) is 1.96. The molecule has 1 atom stereocenters. The van der Waals surface area contributed by atoms with Crippen LogP contribution in [0.2, 0.25) is 0 Å². The van der Waals surface area contributed by atoms with E-state index in [2.05, 4.69) is 4.74 Å². The minimum atomic E-state index is -0.656. The van der Waals surface area contributed by atoms with Crippen molar-refractivity contribution < 1.29 is 9.53 Å². The van der Waals surface area contributed by atoms with Gasteiger partial charge in [-0.25, -0.2) is 4.79 Å². The molecular weight excluding hydrogens is 184 g/mol. The predicted molar refractivity (Wildman–Crippen MR) is 51.8 cm³/mol. The molecule has 0 amide bonds. The van der Waals surface area contributed by atoms with Gasteiger partial charge in [0, 0.05) is 6.20 Å². The average Bonchev–Trinajstić information content (AvgIpc) is 2.20. The molecule has 1 aromatic rings. The minimum absolute atomic E-state index is 0.114. The number of esters is 1. The van der Waals surface area contributed by atoms with Crippen LogP contribution in [0.25, 0.3) is 0 Å². The number of aromatic nitrogens is 1. The van der Waals surface area contributed by atoms with Crippen LogP contribution >= 0.6 is 0 Å². The Labute approximate surface area is 81.1 Å². The van der Waals surface area contributed by atoms with Gasteiger partial charge in [0.25, 0.3) is 5.56 Å². The summed E-state index contributed by atoms with van der Waals surface area (Å²) in [6.45, 7) is 1.58. The van der Waals surface area contributed by atoms with Crippen LogP contribution in [-0.4, -0.2) is 17.6 Å². The first kappa shape index (κ1) is 10.3. The average molecular weight is 196 g/mol. The van der Waals surface area contributed by atoms with Gasteiger partial charge in [0.05, 0.1) is 12.8 Å². The topological polar surface area (TPSA) is 74.3 Å². The Bertz CT molecular complexity index is 397. The first-order valence-electron chi connectivity index (χ1n) is 4.12. The molecule has 1 unspecified atom stereocenters. The van der Waals surface area contributed by atoms with Crippen molar-refractivity contribution in [3.8, 4) is 0 Å². The lowest BCUT2D eigenvalue weighted by atomic mass is 10.3. The Kier molecular flexibility index (Phi) is 2.91. The smallest absolute Gasteiger partial charge is 0.328 e. The molecule has 2 N–H and O–H groups in total. The monoisotopic (exact) mass is 196 g/mol. The third-order valence-corrected chi connectivity index (χ3v) is 1.96. The van der Waals surface area contributed by atoms with E-state index in [9.17, 15) is 9.59 Å². The fourth-order valence-corrected chi connectivity index (χ4v) is 1.12. The van der Waals surface area contributed by atoms with E-state index in [1.54, 1.807) is 13.0 Å². The normalized spacial score (nSPS) is 12.1. The van der Waals surface area contributed by atoms with Crippen molar-refractivity contribution in [1.29, 1.82) is 0 Å². The van der Waals surface area contributed by atoms with E-state index in [0.29, 0.717) is 0 Å². The highest BCUT2D eigenvalue weighted by Crippen LogP contribution is 2.05. The molecule has 1 heterocycles. The Hall–Kier alpha value is -1.78. The molecule has 1 aromatic heterocycles. The van der Waals surface area contributed by atoms with Crippen molar-refractivity contribution in [3.05, 3.63) is 28.7 Å². The zero-order valence-electron chi connectivity index (χ0n) is 8.06. The van der Waals surface area contributed by atoms with Gasteiger partial charge in [-0.15, -0.1) is 0 Å².